The van der Waals surface area contributed by atoms with Crippen molar-refractivity contribution < 1.29 is 9.21 Å². The van der Waals surface area contributed by atoms with Crippen LogP contribution in [0.3, 0.4) is 0 Å². The number of carbonyl (C=O) groups is 1. The van der Waals surface area contributed by atoms with E-state index in [9.17, 15) is 4.79 Å². The highest BCUT2D eigenvalue weighted by molar-refractivity contribution is 5.82. The Hall–Kier alpha value is -1.81. The molecule has 0 spiro atoms. The molecule has 0 bridgehead atoms. The van der Waals surface area contributed by atoms with Gasteiger partial charge in [-0.05, 0) is 37.8 Å². The molecule has 4 nitrogen and oxygen atoms in total. The molecule has 3 heterocycles. The second kappa shape index (κ2) is 11.1. The number of hydrogen-bond donors (Lipinski definition) is 1. The van der Waals surface area contributed by atoms with Gasteiger partial charge < -0.3 is 9.73 Å². The molecular weight excluding hydrogens is 336 g/mol. The summed E-state index contributed by atoms with van der Waals surface area (Å²) >= 11 is 0. The Morgan fingerprint density at radius 2 is 1.89 bits per heavy atom. The van der Waals surface area contributed by atoms with Gasteiger partial charge in [0.25, 0.3) is 0 Å². The van der Waals surface area contributed by atoms with Crippen molar-refractivity contribution in [2.75, 3.05) is 20.1 Å². The van der Waals surface area contributed by atoms with E-state index in [4.69, 9.17) is 4.42 Å². The molecule has 152 valence electrons. The van der Waals surface area contributed by atoms with Crippen LogP contribution in [0.4, 0.5) is 0 Å². The standard InChI is InChI=1S/C16H19NO.C3H7NO.C3H8.CH4/c1-11-6-8-17-9-7-13-12-4-2-3-5-15(12)18-16(13)14(17)10-11;1-3(5)4-2;1-3-2;/h2-5,11,14H,6-10H2,1H3;1-2H3,(H,4,5);3H2,1-2H3;1H4/t11-,14?;;;/m1.../s1. The maximum absolute atomic E-state index is 9.70. The van der Waals surface area contributed by atoms with Crippen molar-refractivity contribution in [2.45, 2.75) is 66.8 Å². The van der Waals surface area contributed by atoms with Crippen LogP contribution in [-0.4, -0.2) is 30.9 Å². The smallest absolute Gasteiger partial charge is 0.216 e. The van der Waals surface area contributed by atoms with Crippen LogP contribution in [-0.2, 0) is 11.2 Å². The van der Waals surface area contributed by atoms with Gasteiger partial charge in [0, 0.05) is 31.5 Å². The Bertz CT molecular complexity index is 707. The second-order valence-electron chi connectivity index (χ2n) is 7.39. The molecule has 4 rings (SSSR count). The zero-order chi connectivity index (χ0) is 19.1. The molecule has 1 fully saturated rings. The van der Waals surface area contributed by atoms with Gasteiger partial charge in [-0.25, -0.2) is 0 Å². The number of nitrogens with zero attached hydrogens (tertiary/aromatic N) is 1. The normalized spacial score (nSPS) is 20.6. The highest BCUT2D eigenvalue weighted by Gasteiger charge is 2.35. The molecule has 1 aromatic carbocycles. The van der Waals surface area contributed by atoms with Crippen LogP contribution in [0.25, 0.3) is 11.0 Å². The molecule has 1 amide bonds. The summed E-state index contributed by atoms with van der Waals surface area (Å²) in [6.45, 7) is 10.5. The van der Waals surface area contributed by atoms with Gasteiger partial charge in [0.15, 0.2) is 0 Å². The molecule has 0 saturated carbocycles. The number of hydrogen-bond acceptors (Lipinski definition) is 3. The Morgan fingerprint density at radius 1 is 1.26 bits per heavy atom. The molecule has 1 unspecified atom stereocenters. The van der Waals surface area contributed by atoms with Crippen molar-refractivity contribution in [1.29, 1.82) is 0 Å². The van der Waals surface area contributed by atoms with Crippen LogP contribution >= 0.6 is 0 Å². The topological polar surface area (TPSA) is 45.5 Å². The van der Waals surface area contributed by atoms with Gasteiger partial charge in [-0.1, -0.05) is 52.8 Å². The first-order chi connectivity index (χ1) is 12.5. The monoisotopic (exact) mass is 374 g/mol. The van der Waals surface area contributed by atoms with Gasteiger partial charge in [-0.3, -0.25) is 9.69 Å². The van der Waals surface area contributed by atoms with Crippen LogP contribution in [0.1, 0.15) is 71.7 Å². The lowest BCUT2D eigenvalue weighted by Gasteiger charge is -2.40. The van der Waals surface area contributed by atoms with E-state index < -0.39 is 0 Å². The molecule has 1 saturated heterocycles. The summed E-state index contributed by atoms with van der Waals surface area (Å²) in [6, 6.07) is 9.03. The largest absolute Gasteiger partial charge is 0.459 e. The van der Waals surface area contributed by atoms with Gasteiger partial charge in [-0.15, -0.1) is 0 Å². The lowest BCUT2D eigenvalue weighted by molar-refractivity contribution is -0.118. The number of rotatable bonds is 0. The van der Waals surface area contributed by atoms with Gasteiger partial charge in [0.1, 0.15) is 11.3 Å². The third kappa shape index (κ3) is 5.83. The van der Waals surface area contributed by atoms with E-state index in [0.717, 1.165) is 17.9 Å². The summed E-state index contributed by atoms with van der Waals surface area (Å²) in [5.74, 6) is 2.09. The van der Waals surface area contributed by atoms with Crippen LogP contribution in [0.15, 0.2) is 28.7 Å². The van der Waals surface area contributed by atoms with Crippen LogP contribution in [0.5, 0.6) is 0 Å². The van der Waals surface area contributed by atoms with E-state index in [1.807, 2.05) is 0 Å². The fourth-order valence-electron chi connectivity index (χ4n) is 3.63. The molecule has 2 aliphatic rings. The van der Waals surface area contributed by atoms with E-state index in [-0.39, 0.29) is 13.3 Å². The number of carbonyl (C=O) groups excluding carboxylic acids is 1. The first-order valence-corrected chi connectivity index (χ1v) is 9.94. The van der Waals surface area contributed by atoms with Crippen molar-refractivity contribution >= 4 is 16.9 Å². The lowest BCUT2D eigenvalue weighted by atomic mass is 9.86. The molecule has 0 aliphatic carbocycles. The number of para-hydroxylation sites is 1. The Kier molecular flexibility index (Phi) is 9.57. The van der Waals surface area contributed by atoms with Gasteiger partial charge >= 0.3 is 0 Å². The quantitative estimate of drug-likeness (QED) is 0.656. The van der Waals surface area contributed by atoms with E-state index >= 15 is 0 Å². The first-order valence-electron chi connectivity index (χ1n) is 9.94. The zero-order valence-electron chi connectivity index (χ0n) is 17.0. The molecular formula is C23H38N2O2. The van der Waals surface area contributed by atoms with Crippen molar-refractivity contribution in [2.24, 2.45) is 5.92 Å². The minimum Gasteiger partial charge on any atom is -0.459 e. The molecule has 1 aromatic heterocycles. The number of fused-ring (bicyclic) bond motifs is 5. The summed E-state index contributed by atoms with van der Waals surface area (Å²) < 4.78 is 6.17. The molecule has 2 aliphatic heterocycles. The summed E-state index contributed by atoms with van der Waals surface area (Å²) in [5.41, 5.74) is 2.54. The SMILES string of the molecule is C.CCC.CNC(C)=O.C[C@@H]1CCN2CCc3c(oc4ccccc34)C2C1. The Labute approximate surface area is 165 Å². The van der Waals surface area contributed by atoms with E-state index in [0.29, 0.717) is 6.04 Å². The summed E-state index contributed by atoms with van der Waals surface area (Å²) in [6.07, 6.45) is 5.00. The zero-order valence-corrected chi connectivity index (χ0v) is 17.0. The van der Waals surface area contributed by atoms with E-state index in [1.165, 1.54) is 56.0 Å². The number of amides is 1. The minimum atomic E-state index is 0. The fourth-order valence-corrected chi connectivity index (χ4v) is 3.63. The van der Waals surface area contributed by atoms with E-state index in [2.05, 4.69) is 55.3 Å². The highest BCUT2D eigenvalue weighted by Crippen LogP contribution is 2.42. The van der Waals surface area contributed by atoms with Crippen molar-refractivity contribution in [1.82, 2.24) is 10.2 Å². The summed E-state index contributed by atoms with van der Waals surface area (Å²) in [4.78, 5) is 12.3. The molecule has 0 radical (unpaired) electrons. The maximum Gasteiger partial charge on any atom is 0.216 e. The predicted octanol–water partition coefficient (Wildman–Crippen LogP) is 5.57. The fraction of sp³-hybridized carbons (Fsp3) is 0.609. The minimum absolute atomic E-state index is 0. The summed E-state index contributed by atoms with van der Waals surface area (Å²) in [5, 5.41) is 3.73. The van der Waals surface area contributed by atoms with Gasteiger partial charge in [0.2, 0.25) is 5.91 Å². The van der Waals surface area contributed by atoms with Crippen LogP contribution in [0.2, 0.25) is 0 Å². The number of benzene rings is 1. The van der Waals surface area contributed by atoms with Gasteiger partial charge in [0.05, 0.1) is 6.04 Å². The number of piperidine rings is 1. The lowest BCUT2D eigenvalue weighted by Crippen LogP contribution is -2.40. The average molecular weight is 375 g/mol. The Balaban J connectivity index is 0.000000351. The molecule has 2 aromatic rings. The maximum atomic E-state index is 9.70. The van der Waals surface area contributed by atoms with Crippen molar-refractivity contribution in [3.8, 4) is 0 Å². The number of furan rings is 1. The number of nitrogens with one attached hydrogen (secondary N) is 1. The first kappa shape index (κ1) is 23.2. The molecule has 4 heteroatoms. The molecule has 2 atom stereocenters. The van der Waals surface area contributed by atoms with Crippen molar-refractivity contribution in [3.63, 3.8) is 0 Å². The van der Waals surface area contributed by atoms with E-state index in [1.54, 1.807) is 7.05 Å². The summed E-state index contributed by atoms with van der Waals surface area (Å²) in [7, 11) is 1.60. The highest BCUT2D eigenvalue weighted by atomic mass is 16.3. The Morgan fingerprint density at radius 3 is 2.52 bits per heavy atom. The molecule has 27 heavy (non-hydrogen) atoms. The second-order valence-corrected chi connectivity index (χ2v) is 7.39. The van der Waals surface area contributed by atoms with Crippen LogP contribution in [0, 0.1) is 5.92 Å². The van der Waals surface area contributed by atoms with Gasteiger partial charge in [-0.2, -0.15) is 0 Å². The third-order valence-electron chi connectivity index (χ3n) is 5.01. The third-order valence-corrected chi connectivity index (χ3v) is 5.01. The average Bonchev–Trinajstić information content (AvgIpc) is 3.02. The van der Waals surface area contributed by atoms with Crippen molar-refractivity contribution in [3.05, 3.63) is 35.6 Å². The predicted molar refractivity (Wildman–Crippen MR) is 115 cm³/mol. The van der Waals surface area contributed by atoms with Crippen LogP contribution < -0.4 is 5.32 Å². The molecule has 1 N–H and O–H groups in total.